The Morgan fingerprint density at radius 1 is 1.26 bits per heavy atom. The summed E-state index contributed by atoms with van der Waals surface area (Å²) in [5, 5.41) is 9.86. The van der Waals surface area contributed by atoms with Gasteiger partial charge in [-0.15, -0.1) is 0 Å². The van der Waals surface area contributed by atoms with E-state index in [4.69, 9.17) is 0 Å². The Hall–Kier alpha value is -0.170. The standard InChI is InChI=1S/C13H28N2O3S/c1-6-14(10-13(4,5)16)19(17,18)15-8-11(2)7-12(3)9-15/h11-12,16H,6-10H2,1-5H3/t11-,12-/m1/s1. The zero-order valence-electron chi connectivity index (χ0n) is 12.8. The third-order valence-corrected chi connectivity index (χ3v) is 5.39. The molecule has 0 aliphatic carbocycles. The van der Waals surface area contributed by atoms with Gasteiger partial charge in [-0.05, 0) is 32.1 Å². The quantitative estimate of drug-likeness (QED) is 0.831. The maximum atomic E-state index is 12.6. The van der Waals surface area contributed by atoms with Crippen LogP contribution in [-0.2, 0) is 10.2 Å². The van der Waals surface area contributed by atoms with Crippen molar-refractivity contribution in [2.24, 2.45) is 11.8 Å². The highest BCUT2D eigenvalue weighted by Gasteiger charge is 2.35. The minimum absolute atomic E-state index is 0.130. The van der Waals surface area contributed by atoms with E-state index >= 15 is 0 Å². The molecule has 1 fully saturated rings. The van der Waals surface area contributed by atoms with Gasteiger partial charge in [-0.25, -0.2) is 0 Å². The van der Waals surface area contributed by atoms with Gasteiger partial charge in [0.1, 0.15) is 0 Å². The van der Waals surface area contributed by atoms with Crippen LogP contribution in [0.15, 0.2) is 0 Å². The van der Waals surface area contributed by atoms with Gasteiger partial charge in [-0.3, -0.25) is 0 Å². The highest BCUT2D eigenvalue weighted by atomic mass is 32.2. The van der Waals surface area contributed by atoms with Crippen LogP contribution < -0.4 is 0 Å². The lowest BCUT2D eigenvalue weighted by molar-refractivity contribution is 0.0575. The van der Waals surface area contributed by atoms with Crippen LogP contribution in [0.2, 0.25) is 0 Å². The number of rotatable bonds is 5. The second kappa shape index (κ2) is 6.08. The smallest absolute Gasteiger partial charge is 0.282 e. The molecule has 0 amide bonds. The van der Waals surface area contributed by atoms with E-state index in [1.807, 2.05) is 0 Å². The molecule has 0 unspecified atom stereocenters. The van der Waals surface area contributed by atoms with Gasteiger partial charge in [0.25, 0.3) is 10.2 Å². The Labute approximate surface area is 117 Å². The maximum absolute atomic E-state index is 12.6. The van der Waals surface area contributed by atoms with Crippen molar-refractivity contribution in [3.8, 4) is 0 Å². The predicted molar refractivity (Wildman–Crippen MR) is 77.0 cm³/mol. The lowest BCUT2D eigenvalue weighted by Crippen LogP contribution is -2.52. The van der Waals surface area contributed by atoms with Crippen LogP contribution >= 0.6 is 0 Å². The molecule has 114 valence electrons. The predicted octanol–water partition coefficient (Wildman–Crippen LogP) is 1.30. The van der Waals surface area contributed by atoms with Crippen molar-refractivity contribution in [1.82, 2.24) is 8.61 Å². The summed E-state index contributed by atoms with van der Waals surface area (Å²) in [4.78, 5) is 0. The van der Waals surface area contributed by atoms with E-state index < -0.39 is 15.8 Å². The normalized spacial score (nSPS) is 26.9. The fraction of sp³-hybridized carbons (Fsp3) is 1.00. The first-order valence-corrected chi connectivity index (χ1v) is 8.43. The van der Waals surface area contributed by atoms with Gasteiger partial charge in [0.2, 0.25) is 0 Å². The van der Waals surface area contributed by atoms with Gasteiger partial charge in [0.05, 0.1) is 5.60 Å². The molecule has 0 radical (unpaired) electrons. The van der Waals surface area contributed by atoms with Gasteiger partial charge < -0.3 is 5.11 Å². The lowest BCUT2D eigenvalue weighted by atomic mass is 9.94. The van der Waals surface area contributed by atoms with Crippen molar-refractivity contribution < 1.29 is 13.5 Å². The molecule has 1 heterocycles. The number of nitrogens with zero attached hydrogens (tertiary/aromatic N) is 2. The maximum Gasteiger partial charge on any atom is 0.282 e. The summed E-state index contributed by atoms with van der Waals surface area (Å²) in [6.07, 6.45) is 1.07. The van der Waals surface area contributed by atoms with Gasteiger partial charge in [0.15, 0.2) is 0 Å². The molecule has 6 heteroatoms. The van der Waals surface area contributed by atoms with Crippen LogP contribution in [0.1, 0.15) is 41.0 Å². The lowest BCUT2D eigenvalue weighted by Gasteiger charge is -2.38. The van der Waals surface area contributed by atoms with Gasteiger partial charge in [-0.1, -0.05) is 20.8 Å². The molecule has 0 saturated carbocycles. The van der Waals surface area contributed by atoms with Crippen molar-refractivity contribution in [2.45, 2.75) is 46.6 Å². The Bertz CT molecular complexity index is 371. The number of hydrogen-bond acceptors (Lipinski definition) is 3. The van der Waals surface area contributed by atoms with Crippen molar-refractivity contribution in [3.05, 3.63) is 0 Å². The molecule has 2 atom stereocenters. The van der Waals surface area contributed by atoms with Gasteiger partial charge >= 0.3 is 0 Å². The van der Waals surface area contributed by atoms with Crippen molar-refractivity contribution >= 4 is 10.2 Å². The van der Waals surface area contributed by atoms with Crippen molar-refractivity contribution in [1.29, 1.82) is 0 Å². The highest BCUT2D eigenvalue weighted by Crippen LogP contribution is 2.25. The van der Waals surface area contributed by atoms with E-state index in [-0.39, 0.29) is 6.54 Å². The summed E-state index contributed by atoms with van der Waals surface area (Å²) in [7, 11) is -3.47. The van der Waals surface area contributed by atoms with Gasteiger partial charge in [-0.2, -0.15) is 17.0 Å². The van der Waals surface area contributed by atoms with Gasteiger partial charge in [0, 0.05) is 26.2 Å². The van der Waals surface area contributed by atoms with Crippen LogP contribution in [0.5, 0.6) is 0 Å². The summed E-state index contributed by atoms with van der Waals surface area (Å²) in [5.74, 6) is 0.777. The molecule has 0 aromatic heterocycles. The second-order valence-corrected chi connectivity index (χ2v) is 8.44. The minimum Gasteiger partial charge on any atom is -0.389 e. The SMILES string of the molecule is CCN(CC(C)(C)O)S(=O)(=O)N1C[C@H](C)C[C@@H](C)C1. The number of piperidine rings is 1. The molecule has 1 N–H and O–H groups in total. The van der Waals surface area contributed by atoms with Crippen LogP contribution in [0.3, 0.4) is 0 Å². The summed E-state index contributed by atoms with van der Waals surface area (Å²) in [5.41, 5.74) is -1.02. The number of aliphatic hydroxyl groups is 1. The first-order chi connectivity index (χ1) is 8.56. The highest BCUT2D eigenvalue weighted by molar-refractivity contribution is 7.86. The molecular formula is C13H28N2O3S. The molecule has 1 aliphatic rings. The molecule has 0 spiro atoms. The molecular weight excluding hydrogens is 264 g/mol. The average Bonchev–Trinajstić information content (AvgIpc) is 2.23. The monoisotopic (exact) mass is 292 g/mol. The molecule has 19 heavy (non-hydrogen) atoms. The first kappa shape index (κ1) is 16.9. The molecule has 5 nitrogen and oxygen atoms in total. The summed E-state index contributed by atoms with van der Waals surface area (Å²) >= 11 is 0. The summed E-state index contributed by atoms with van der Waals surface area (Å²) < 4.78 is 28.2. The molecule has 0 aromatic rings. The fourth-order valence-electron chi connectivity index (χ4n) is 2.75. The third kappa shape index (κ3) is 4.70. The zero-order valence-corrected chi connectivity index (χ0v) is 13.6. The number of hydrogen-bond donors (Lipinski definition) is 1. The Morgan fingerprint density at radius 2 is 1.74 bits per heavy atom. The Kier molecular flexibility index (Phi) is 5.40. The second-order valence-electron chi connectivity index (χ2n) is 6.51. The van der Waals surface area contributed by atoms with E-state index in [9.17, 15) is 13.5 Å². The molecule has 1 saturated heterocycles. The van der Waals surface area contributed by atoms with Crippen LogP contribution in [0.4, 0.5) is 0 Å². The largest absolute Gasteiger partial charge is 0.389 e. The van der Waals surface area contributed by atoms with E-state index in [1.54, 1.807) is 25.1 Å². The van der Waals surface area contributed by atoms with Crippen LogP contribution in [0, 0.1) is 11.8 Å². The average molecular weight is 292 g/mol. The summed E-state index contributed by atoms with van der Waals surface area (Å²) in [6.45, 7) is 10.9. The molecule has 1 rings (SSSR count). The van der Waals surface area contributed by atoms with Crippen LogP contribution in [0.25, 0.3) is 0 Å². The fourth-order valence-corrected chi connectivity index (χ4v) is 4.76. The van der Waals surface area contributed by atoms with Crippen LogP contribution in [-0.4, -0.2) is 53.9 Å². The number of likely N-dealkylation sites (N-methyl/N-ethyl adjacent to an activating group) is 1. The first-order valence-electron chi connectivity index (χ1n) is 7.04. The third-order valence-electron chi connectivity index (χ3n) is 3.40. The van der Waals surface area contributed by atoms with E-state index in [2.05, 4.69) is 13.8 Å². The van der Waals surface area contributed by atoms with E-state index in [1.165, 1.54) is 4.31 Å². The van der Waals surface area contributed by atoms with Crippen molar-refractivity contribution in [3.63, 3.8) is 0 Å². The van der Waals surface area contributed by atoms with E-state index in [0.29, 0.717) is 31.5 Å². The van der Waals surface area contributed by atoms with E-state index in [0.717, 1.165) is 6.42 Å². The zero-order chi connectivity index (χ0) is 14.8. The molecule has 1 aliphatic heterocycles. The van der Waals surface area contributed by atoms with Crippen molar-refractivity contribution in [2.75, 3.05) is 26.2 Å². The Morgan fingerprint density at radius 3 is 2.11 bits per heavy atom. The molecule has 0 bridgehead atoms. The Balaban J connectivity index is 2.88. The molecule has 0 aromatic carbocycles. The topological polar surface area (TPSA) is 60.9 Å². The summed E-state index contributed by atoms with van der Waals surface area (Å²) in [6, 6.07) is 0. The minimum atomic E-state index is -3.47.